The van der Waals surface area contributed by atoms with Gasteiger partial charge in [-0.05, 0) is 36.8 Å². The van der Waals surface area contributed by atoms with Crippen molar-refractivity contribution in [1.29, 1.82) is 0 Å². The molecule has 2 aromatic rings. The van der Waals surface area contributed by atoms with Crippen molar-refractivity contribution in [1.82, 2.24) is 0 Å². The Labute approximate surface area is 105 Å². The first-order valence-electron chi connectivity index (χ1n) is 5.25. The third-order valence-electron chi connectivity index (χ3n) is 2.57. The molecule has 0 aliphatic heterocycles. The highest BCUT2D eigenvalue weighted by atomic mass is 35.5. The Morgan fingerprint density at radius 1 is 1.12 bits per heavy atom. The number of nitrogens with two attached hydrogens (primary N) is 1. The van der Waals surface area contributed by atoms with Crippen LogP contribution in [0.15, 0.2) is 42.5 Å². The quantitative estimate of drug-likeness (QED) is 0.650. The molecule has 86 valence electrons. The van der Waals surface area contributed by atoms with E-state index in [-0.39, 0.29) is 5.78 Å². The summed E-state index contributed by atoms with van der Waals surface area (Å²) in [5.74, 6) is -0.145. The molecule has 2 N–H and O–H groups in total. The van der Waals surface area contributed by atoms with Gasteiger partial charge in [0.2, 0.25) is 0 Å². The number of rotatable bonds is 2. The zero-order valence-corrected chi connectivity index (χ0v) is 10.2. The lowest BCUT2D eigenvalue weighted by atomic mass is 10.0. The van der Waals surface area contributed by atoms with Gasteiger partial charge in [0.15, 0.2) is 5.78 Å². The third-order valence-corrected chi connectivity index (χ3v) is 2.90. The minimum absolute atomic E-state index is 0.145. The topological polar surface area (TPSA) is 43.1 Å². The Balaban J connectivity index is 2.48. The van der Waals surface area contributed by atoms with Gasteiger partial charge in [-0.15, -0.1) is 0 Å². The van der Waals surface area contributed by atoms with E-state index in [1.165, 1.54) is 0 Å². The minimum Gasteiger partial charge on any atom is -0.398 e. The summed E-state index contributed by atoms with van der Waals surface area (Å²) in [6.07, 6.45) is 0. The van der Waals surface area contributed by atoms with Gasteiger partial charge in [0.1, 0.15) is 0 Å². The van der Waals surface area contributed by atoms with Crippen molar-refractivity contribution in [2.24, 2.45) is 0 Å². The molecular formula is C14H12ClNO. The summed E-state index contributed by atoms with van der Waals surface area (Å²) in [6, 6.07) is 12.3. The van der Waals surface area contributed by atoms with Crippen molar-refractivity contribution in [3.05, 3.63) is 64.2 Å². The predicted octanol–water partition coefficient (Wildman–Crippen LogP) is 3.46. The van der Waals surface area contributed by atoms with Crippen molar-refractivity contribution in [2.75, 3.05) is 5.73 Å². The Morgan fingerprint density at radius 2 is 1.82 bits per heavy atom. The molecule has 0 atom stereocenters. The second-order valence-corrected chi connectivity index (χ2v) is 4.31. The van der Waals surface area contributed by atoms with Gasteiger partial charge in [0.25, 0.3) is 0 Å². The SMILES string of the molecule is Cc1ccc(C(=O)c2ccccc2Cl)c(N)c1. The van der Waals surface area contributed by atoms with Gasteiger partial charge < -0.3 is 5.73 Å². The highest BCUT2D eigenvalue weighted by molar-refractivity contribution is 6.35. The molecule has 0 saturated carbocycles. The number of hydrogen-bond acceptors (Lipinski definition) is 2. The molecule has 0 aliphatic carbocycles. The summed E-state index contributed by atoms with van der Waals surface area (Å²) in [5, 5.41) is 0.442. The molecule has 0 unspecified atom stereocenters. The molecule has 0 aliphatic rings. The van der Waals surface area contributed by atoms with E-state index in [1.807, 2.05) is 13.0 Å². The van der Waals surface area contributed by atoms with Crippen molar-refractivity contribution in [3.8, 4) is 0 Å². The number of nitrogen functional groups attached to an aromatic ring is 1. The molecule has 0 saturated heterocycles. The molecule has 0 heterocycles. The molecule has 0 radical (unpaired) electrons. The van der Waals surface area contributed by atoms with E-state index in [0.29, 0.717) is 21.8 Å². The predicted molar refractivity (Wildman–Crippen MR) is 70.5 cm³/mol. The number of carbonyl (C=O) groups excluding carboxylic acids is 1. The molecule has 2 nitrogen and oxygen atoms in total. The number of hydrogen-bond donors (Lipinski definition) is 1. The number of ketones is 1. The van der Waals surface area contributed by atoms with Crippen molar-refractivity contribution in [3.63, 3.8) is 0 Å². The van der Waals surface area contributed by atoms with Gasteiger partial charge >= 0.3 is 0 Å². The number of carbonyl (C=O) groups is 1. The monoisotopic (exact) mass is 245 g/mol. The lowest BCUT2D eigenvalue weighted by Gasteiger charge is -2.07. The maximum Gasteiger partial charge on any atom is 0.196 e. The van der Waals surface area contributed by atoms with Gasteiger partial charge in [-0.1, -0.05) is 29.8 Å². The van der Waals surface area contributed by atoms with Gasteiger partial charge in [0, 0.05) is 16.8 Å². The molecule has 17 heavy (non-hydrogen) atoms. The van der Waals surface area contributed by atoms with E-state index in [4.69, 9.17) is 17.3 Å². The van der Waals surface area contributed by atoms with Crippen LogP contribution in [0, 0.1) is 6.92 Å². The van der Waals surface area contributed by atoms with E-state index < -0.39 is 0 Å². The fourth-order valence-electron chi connectivity index (χ4n) is 1.68. The molecule has 0 bridgehead atoms. The molecule has 0 aromatic heterocycles. The fourth-order valence-corrected chi connectivity index (χ4v) is 1.90. The van der Waals surface area contributed by atoms with Gasteiger partial charge in [-0.25, -0.2) is 0 Å². The Kier molecular flexibility index (Phi) is 3.16. The van der Waals surface area contributed by atoms with Crippen LogP contribution in [0.2, 0.25) is 5.02 Å². The van der Waals surface area contributed by atoms with Crippen LogP contribution in [0.4, 0.5) is 5.69 Å². The van der Waals surface area contributed by atoms with Crippen molar-refractivity contribution in [2.45, 2.75) is 6.92 Å². The van der Waals surface area contributed by atoms with E-state index in [9.17, 15) is 4.79 Å². The Hall–Kier alpha value is -1.80. The summed E-state index contributed by atoms with van der Waals surface area (Å²) in [6.45, 7) is 1.93. The highest BCUT2D eigenvalue weighted by Crippen LogP contribution is 2.22. The van der Waals surface area contributed by atoms with Gasteiger partial charge in [0.05, 0.1) is 5.02 Å². The second-order valence-electron chi connectivity index (χ2n) is 3.90. The first kappa shape index (κ1) is 11.7. The van der Waals surface area contributed by atoms with E-state index in [0.717, 1.165) is 5.56 Å². The van der Waals surface area contributed by atoms with Crippen LogP contribution >= 0.6 is 11.6 Å². The molecule has 3 heteroatoms. The van der Waals surface area contributed by atoms with Crippen LogP contribution in [0.5, 0.6) is 0 Å². The van der Waals surface area contributed by atoms with Gasteiger partial charge in [-0.2, -0.15) is 0 Å². The summed E-state index contributed by atoms with van der Waals surface area (Å²) in [7, 11) is 0. The Bertz CT molecular complexity index is 578. The molecule has 0 fully saturated rings. The lowest BCUT2D eigenvalue weighted by Crippen LogP contribution is -2.06. The summed E-state index contributed by atoms with van der Waals surface area (Å²) >= 11 is 5.99. The average molecular weight is 246 g/mol. The summed E-state index contributed by atoms with van der Waals surface area (Å²) < 4.78 is 0. The number of benzene rings is 2. The lowest BCUT2D eigenvalue weighted by molar-refractivity contribution is 0.103. The van der Waals surface area contributed by atoms with Crippen molar-refractivity contribution >= 4 is 23.1 Å². The van der Waals surface area contributed by atoms with E-state index in [1.54, 1.807) is 36.4 Å². The smallest absolute Gasteiger partial charge is 0.196 e. The maximum absolute atomic E-state index is 12.2. The van der Waals surface area contributed by atoms with Crippen LogP contribution in [0.3, 0.4) is 0 Å². The molecule has 2 rings (SSSR count). The average Bonchev–Trinajstić information content (AvgIpc) is 2.29. The maximum atomic E-state index is 12.2. The zero-order chi connectivity index (χ0) is 12.4. The standard InChI is InChI=1S/C14H12ClNO/c1-9-6-7-11(13(16)8-9)14(17)10-4-2-3-5-12(10)15/h2-8H,16H2,1H3. The van der Waals surface area contributed by atoms with Crippen LogP contribution in [0.1, 0.15) is 21.5 Å². The molecule has 2 aromatic carbocycles. The Morgan fingerprint density at radius 3 is 2.47 bits per heavy atom. The second kappa shape index (κ2) is 4.60. The normalized spacial score (nSPS) is 10.2. The third kappa shape index (κ3) is 2.32. The molecule has 0 amide bonds. The number of anilines is 1. The molecule has 0 spiro atoms. The van der Waals surface area contributed by atoms with Crippen LogP contribution < -0.4 is 5.73 Å². The van der Waals surface area contributed by atoms with E-state index >= 15 is 0 Å². The van der Waals surface area contributed by atoms with Crippen LogP contribution in [-0.2, 0) is 0 Å². The van der Waals surface area contributed by atoms with Crippen LogP contribution in [0.25, 0.3) is 0 Å². The highest BCUT2D eigenvalue weighted by Gasteiger charge is 2.14. The number of halogens is 1. The number of aryl methyl sites for hydroxylation is 1. The van der Waals surface area contributed by atoms with Crippen molar-refractivity contribution < 1.29 is 4.79 Å². The molecular weight excluding hydrogens is 234 g/mol. The fraction of sp³-hybridized carbons (Fsp3) is 0.0714. The minimum atomic E-state index is -0.145. The zero-order valence-electron chi connectivity index (χ0n) is 9.41. The van der Waals surface area contributed by atoms with Gasteiger partial charge in [-0.3, -0.25) is 4.79 Å². The first-order chi connectivity index (χ1) is 8.09. The largest absolute Gasteiger partial charge is 0.398 e. The van der Waals surface area contributed by atoms with E-state index in [2.05, 4.69) is 0 Å². The first-order valence-corrected chi connectivity index (χ1v) is 5.63. The van der Waals surface area contributed by atoms with Crippen LogP contribution in [-0.4, -0.2) is 5.78 Å². The summed E-state index contributed by atoms with van der Waals surface area (Å²) in [4.78, 5) is 12.2. The summed E-state index contributed by atoms with van der Waals surface area (Å²) in [5.41, 5.74) is 8.32.